The lowest BCUT2D eigenvalue weighted by atomic mass is 10.4. The number of hydrogen-bond donors (Lipinski definition) is 2. The Hall–Kier alpha value is -2.05. The summed E-state index contributed by atoms with van der Waals surface area (Å²) in [6.07, 6.45) is 1.68. The van der Waals surface area contributed by atoms with Gasteiger partial charge in [-0.15, -0.1) is 0 Å². The highest BCUT2D eigenvalue weighted by Gasteiger charge is 2.02. The molecule has 7 heteroatoms. The number of carbonyl (C=O) groups is 3. The predicted octanol–water partition coefficient (Wildman–Crippen LogP) is -0.294. The molecule has 0 saturated carbocycles. The van der Waals surface area contributed by atoms with Gasteiger partial charge in [0.2, 0.25) is 0 Å². The van der Waals surface area contributed by atoms with Gasteiger partial charge in [0.1, 0.15) is 6.61 Å². The van der Waals surface area contributed by atoms with Crippen molar-refractivity contribution in [1.29, 1.82) is 0 Å². The minimum absolute atomic E-state index is 0.0225. The number of primary amides is 1. The zero-order valence-corrected chi connectivity index (χ0v) is 9.76. The van der Waals surface area contributed by atoms with Gasteiger partial charge < -0.3 is 20.5 Å². The summed E-state index contributed by atoms with van der Waals surface area (Å²) in [5, 5.41) is 2.24. The molecule has 0 aromatic heterocycles. The molecule has 2 amide bonds. The molecule has 0 aromatic rings. The third-order valence-electron chi connectivity index (χ3n) is 1.35. The average Bonchev–Trinajstić information content (AvgIpc) is 2.20. The van der Waals surface area contributed by atoms with Crippen molar-refractivity contribution in [3.8, 4) is 0 Å². The van der Waals surface area contributed by atoms with Crippen molar-refractivity contribution in [2.45, 2.75) is 20.0 Å². The third-order valence-corrected chi connectivity index (χ3v) is 1.35. The number of nitrogens with one attached hydrogen (secondary N) is 1. The minimum atomic E-state index is -0.697. The van der Waals surface area contributed by atoms with Crippen molar-refractivity contribution < 1.29 is 23.9 Å². The van der Waals surface area contributed by atoms with E-state index in [1.54, 1.807) is 13.8 Å². The highest BCUT2D eigenvalue weighted by molar-refractivity contribution is 5.91. The van der Waals surface area contributed by atoms with Gasteiger partial charge in [0.15, 0.2) is 0 Å². The molecule has 0 aliphatic heterocycles. The first-order valence-electron chi connectivity index (χ1n) is 5.00. The Bertz CT molecular complexity index is 312. The lowest BCUT2D eigenvalue weighted by molar-refractivity contribution is -0.142. The van der Waals surface area contributed by atoms with Crippen LogP contribution < -0.4 is 11.1 Å². The summed E-state index contributed by atoms with van der Waals surface area (Å²) in [4.78, 5) is 32.3. The van der Waals surface area contributed by atoms with Crippen LogP contribution in [0, 0.1) is 0 Å². The lowest BCUT2D eigenvalue weighted by Gasteiger charge is -2.04. The van der Waals surface area contributed by atoms with Crippen LogP contribution in [0.25, 0.3) is 0 Å². The molecular weight excluding hydrogens is 228 g/mol. The Morgan fingerprint density at radius 2 is 1.82 bits per heavy atom. The number of amides is 2. The van der Waals surface area contributed by atoms with Gasteiger partial charge in [-0.2, -0.15) is 0 Å². The van der Waals surface area contributed by atoms with Crippen LogP contribution in [0.1, 0.15) is 13.8 Å². The van der Waals surface area contributed by atoms with E-state index in [9.17, 15) is 14.4 Å². The summed E-state index contributed by atoms with van der Waals surface area (Å²) in [5.74, 6) is -1.32. The fourth-order valence-electron chi connectivity index (χ4n) is 0.782. The van der Waals surface area contributed by atoms with E-state index in [1.165, 1.54) is 0 Å². The third kappa shape index (κ3) is 10.2. The van der Waals surface area contributed by atoms with E-state index < -0.39 is 18.0 Å². The second-order valence-corrected chi connectivity index (χ2v) is 3.28. The molecule has 17 heavy (non-hydrogen) atoms. The van der Waals surface area contributed by atoms with Crippen LogP contribution in [0.2, 0.25) is 0 Å². The van der Waals surface area contributed by atoms with E-state index >= 15 is 0 Å². The second-order valence-electron chi connectivity index (χ2n) is 3.28. The van der Waals surface area contributed by atoms with E-state index in [0.717, 1.165) is 12.2 Å². The number of esters is 2. The number of rotatable bonds is 6. The van der Waals surface area contributed by atoms with Gasteiger partial charge in [0, 0.05) is 12.2 Å². The zero-order valence-electron chi connectivity index (χ0n) is 9.76. The van der Waals surface area contributed by atoms with Gasteiger partial charge in [-0.05, 0) is 13.8 Å². The summed E-state index contributed by atoms with van der Waals surface area (Å²) >= 11 is 0. The van der Waals surface area contributed by atoms with Crippen LogP contribution in [0.4, 0.5) is 4.79 Å². The molecule has 96 valence electrons. The Morgan fingerprint density at radius 1 is 1.24 bits per heavy atom. The monoisotopic (exact) mass is 244 g/mol. The van der Waals surface area contributed by atoms with Crippen LogP contribution in [0.15, 0.2) is 12.2 Å². The van der Waals surface area contributed by atoms with Crippen molar-refractivity contribution in [3.05, 3.63) is 12.2 Å². The van der Waals surface area contributed by atoms with Crippen LogP contribution in [-0.2, 0) is 19.1 Å². The number of ether oxygens (including phenoxy) is 2. The summed E-state index contributed by atoms with van der Waals surface area (Å²) in [5.41, 5.74) is 4.79. The molecule has 0 fully saturated rings. The van der Waals surface area contributed by atoms with E-state index in [2.05, 4.69) is 10.1 Å². The minimum Gasteiger partial charge on any atom is -0.461 e. The van der Waals surface area contributed by atoms with Gasteiger partial charge in [0.25, 0.3) is 0 Å². The molecule has 0 aliphatic carbocycles. The Kier molecular flexibility index (Phi) is 7.16. The Balaban J connectivity index is 3.74. The largest absolute Gasteiger partial charge is 0.461 e. The molecule has 0 bridgehead atoms. The Labute approximate surface area is 98.9 Å². The van der Waals surface area contributed by atoms with Gasteiger partial charge in [-0.3, -0.25) is 0 Å². The molecular formula is C10H16N2O5. The summed E-state index contributed by atoms with van der Waals surface area (Å²) in [6.45, 7) is 3.48. The van der Waals surface area contributed by atoms with Gasteiger partial charge in [-0.25, -0.2) is 14.4 Å². The van der Waals surface area contributed by atoms with E-state index in [4.69, 9.17) is 10.5 Å². The van der Waals surface area contributed by atoms with Crippen LogP contribution in [0.3, 0.4) is 0 Å². The van der Waals surface area contributed by atoms with Gasteiger partial charge in [-0.1, -0.05) is 0 Å². The number of hydrogen-bond acceptors (Lipinski definition) is 5. The maximum atomic E-state index is 11.0. The molecule has 0 aliphatic rings. The molecule has 0 aromatic carbocycles. The zero-order chi connectivity index (χ0) is 13.3. The topological polar surface area (TPSA) is 108 Å². The number of carbonyl (C=O) groups excluding carboxylic acids is 3. The first kappa shape index (κ1) is 14.9. The molecule has 0 radical (unpaired) electrons. The van der Waals surface area contributed by atoms with Crippen molar-refractivity contribution >= 4 is 18.0 Å². The quantitative estimate of drug-likeness (QED) is 0.379. The predicted molar refractivity (Wildman–Crippen MR) is 58.9 cm³/mol. The summed E-state index contributed by atoms with van der Waals surface area (Å²) < 4.78 is 9.39. The smallest absolute Gasteiger partial charge is 0.331 e. The second kappa shape index (κ2) is 8.14. The van der Waals surface area contributed by atoms with Gasteiger partial charge in [0.05, 0.1) is 12.6 Å². The van der Waals surface area contributed by atoms with Crippen LogP contribution in [0.5, 0.6) is 0 Å². The lowest BCUT2D eigenvalue weighted by Crippen LogP contribution is -2.32. The highest BCUT2D eigenvalue weighted by atomic mass is 16.5. The standard InChI is InChI=1S/C10H16N2O5/c1-7(2)17-9(14)4-3-8(13)16-6-5-12-10(11)15/h3-4,7H,5-6H2,1-2H3,(H3,11,12,15)/b4-3+. The number of nitrogens with two attached hydrogens (primary N) is 1. The van der Waals surface area contributed by atoms with Crippen molar-refractivity contribution in [1.82, 2.24) is 5.32 Å². The van der Waals surface area contributed by atoms with Crippen molar-refractivity contribution in [3.63, 3.8) is 0 Å². The van der Waals surface area contributed by atoms with Crippen LogP contribution in [-0.4, -0.2) is 37.2 Å². The van der Waals surface area contributed by atoms with Gasteiger partial charge >= 0.3 is 18.0 Å². The molecule has 3 N–H and O–H groups in total. The fraction of sp³-hybridized carbons (Fsp3) is 0.500. The highest BCUT2D eigenvalue weighted by Crippen LogP contribution is 1.91. The maximum Gasteiger partial charge on any atom is 0.331 e. The van der Waals surface area contributed by atoms with E-state index in [-0.39, 0.29) is 19.3 Å². The maximum absolute atomic E-state index is 11.0. The molecule has 0 atom stereocenters. The van der Waals surface area contributed by atoms with E-state index in [1.807, 2.05) is 0 Å². The fourth-order valence-corrected chi connectivity index (χ4v) is 0.782. The molecule has 0 rings (SSSR count). The van der Waals surface area contributed by atoms with E-state index in [0.29, 0.717) is 0 Å². The summed E-state index contributed by atoms with van der Waals surface area (Å²) in [6, 6.07) is -0.697. The van der Waals surface area contributed by atoms with Crippen molar-refractivity contribution in [2.75, 3.05) is 13.2 Å². The van der Waals surface area contributed by atoms with Crippen molar-refractivity contribution in [2.24, 2.45) is 5.73 Å². The molecule has 0 heterocycles. The normalized spacial score (nSPS) is 10.3. The Morgan fingerprint density at radius 3 is 2.35 bits per heavy atom. The molecule has 7 nitrogen and oxygen atoms in total. The number of urea groups is 1. The van der Waals surface area contributed by atoms with Crippen LogP contribution >= 0.6 is 0 Å². The first-order chi connectivity index (χ1) is 7.91. The average molecular weight is 244 g/mol. The summed E-state index contributed by atoms with van der Waals surface area (Å²) in [7, 11) is 0. The molecule has 0 saturated heterocycles. The molecule has 0 spiro atoms. The first-order valence-corrected chi connectivity index (χ1v) is 5.00. The SMILES string of the molecule is CC(C)OC(=O)/C=C/C(=O)OCCNC(N)=O. The molecule has 0 unspecified atom stereocenters.